The summed E-state index contributed by atoms with van der Waals surface area (Å²) in [5.41, 5.74) is 0.362. The third-order valence-electron chi connectivity index (χ3n) is 2.37. The van der Waals surface area contributed by atoms with Crippen LogP contribution in [0.15, 0.2) is 0 Å². The normalized spacial score (nSPS) is 25.3. The third kappa shape index (κ3) is 4.94. The average Bonchev–Trinajstić information content (AvgIpc) is 2.01. The molecule has 1 aliphatic rings. The van der Waals surface area contributed by atoms with Crippen LogP contribution in [0.3, 0.4) is 0 Å². The summed E-state index contributed by atoms with van der Waals surface area (Å²) in [5.74, 6) is 0. The van der Waals surface area contributed by atoms with Crippen molar-refractivity contribution in [3.8, 4) is 0 Å². The zero-order chi connectivity index (χ0) is 10.6. The largest absolute Gasteiger partial charge is 0.374 e. The summed E-state index contributed by atoms with van der Waals surface area (Å²) in [6, 6.07) is 0. The highest BCUT2D eigenvalue weighted by atomic mass is 16.5. The van der Waals surface area contributed by atoms with Crippen LogP contribution in [0.4, 0.5) is 0 Å². The van der Waals surface area contributed by atoms with Crippen LogP contribution < -0.4 is 5.32 Å². The van der Waals surface area contributed by atoms with E-state index in [1.165, 1.54) is 0 Å². The third-order valence-corrected chi connectivity index (χ3v) is 2.37. The number of morpholine rings is 1. The van der Waals surface area contributed by atoms with Crippen LogP contribution in [0.25, 0.3) is 0 Å². The SMILES string of the molecule is CN1CCO[C@@H](CNCC(C)(C)C)C1. The fourth-order valence-corrected chi connectivity index (χ4v) is 1.60. The van der Waals surface area contributed by atoms with E-state index in [1.54, 1.807) is 0 Å². The summed E-state index contributed by atoms with van der Waals surface area (Å²) in [6.07, 6.45) is 0.371. The Morgan fingerprint density at radius 3 is 2.71 bits per heavy atom. The molecule has 3 heteroatoms. The minimum atomic E-state index is 0.362. The fourth-order valence-electron chi connectivity index (χ4n) is 1.60. The van der Waals surface area contributed by atoms with Crippen LogP contribution in [0, 0.1) is 5.41 Å². The summed E-state index contributed by atoms with van der Waals surface area (Å²) >= 11 is 0. The molecule has 0 aliphatic carbocycles. The van der Waals surface area contributed by atoms with Crippen LogP contribution in [0.2, 0.25) is 0 Å². The molecular formula is C11H24N2O. The van der Waals surface area contributed by atoms with Crippen molar-refractivity contribution < 1.29 is 4.74 Å². The lowest BCUT2D eigenvalue weighted by atomic mass is 9.97. The minimum Gasteiger partial charge on any atom is -0.374 e. The molecule has 0 amide bonds. The monoisotopic (exact) mass is 200 g/mol. The van der Waals surface area contributed by atoms with Gasteiger partial charge in [-0.2, -0.15) is 0 Å². The number of nitrogens with one attached hydrogen (secondary N) is 1. The van der Waals surface area contributed by atoms with Gasteiger partial charge < -0.3 is 15.0 Å². The molecule has 1 heterocycles. The standard InChI is InChI=1S/C11H24N2O/c1-11(2,3)9-12-7-10-8-13(4)5-6-14-10/h10,12H,5-9H2,1-4H3/t10-/m0/s1. The van der Waals surface area contributed by atoms with Gasteiger partial charge in [-0.15, -0.1) is 0 Å². The molecule has 84 valence electrons. The van der Waals surface area contributed by atoms with E-state index in [0.717, 1.165) is 32.8 Å². The van der Waals surface area contributed by atoms with Crippen molar-refractivity contribution >= 4 is 0 Å². The van der Waals surface area contributed by atoms with Crippen molar-refractivity contribution in [3.05, 3.63) is 0 Å². The smallest absolute Gasteiger partial charge is 0.0826 e. The van der Waals surface area contributed by atoms with Crippen molar-refractivity contribution in [1.29, 1.82) is 0 Å². The van der Waals surface area contributed by atoms with Gasteiger partial charge in [-0.25, -0.2) is 0 Å². The number of likely N-dealkylation sites (N-methyl/N-ethyl adjacent to an activating group) is 1. The minimum absolute atomic E-state index is 0.362. The molecule has 0 aromatic rings. The van der Waals surface area contributed by atoms with Crippen LogP contribution in [-0.4, -0.2) is 50.8 Å². The topological polar surface area (TPSA) is 24.5 Å². The number of rotatable bonds is 3. The van der Waals surface area contributed by atoms with E-state index in [1.807, 2.05) is 0 Å². The van der Waals surface area contributed by atoms with Gasteiger partial charge in [0.1, 0.15) is 0 Å². The number of hydrogen-bond donors (Lipinski definition) is 1. The molecule has 1 aliphatic heterocycles. The van der Waals surface area contributed by atoms with Crippen molar-refractivity contribution in [2.75, 3.05) is 39.8 Å². The van der Waals surface area contributed by atoms with E-state index in [2.05, 4.69) is 38.0 Å². The van der Waals surface area contributed by atoms with Gasteiger partial charge in [0.05, 0.1) is 12.7 Å². The second-order valence-electron chi connectivity index (χ2n) is 5.45. The predicted molar refractivity (Wildman–Crippen MR) is 59.6 cm³/mol. The van der Waals surface area contributed by atoms with Gasteiger partial charge in [0.2, 0.25) is 0 Å². The molecule has 1 rings (SSSR count). The highest BCUT2D eigenvalue weighted by Crippen LogP contribution is 2.10. The van der Waals surface area contributed by atoms with Gasteiger partial charge in [0, 0.05) is 26.2 Å². The van der Waals surface area contributed by atoms with E-state index in [4.69, 9.17) is 4.74 Å². The van der Waals surface area contributed by atoms with Gasteiger partial charge in [0.25, 0.3) is 0 Å². The summed E-state index contributed by atoms with van der Waals surface area (Å²) < 4.78 is 5.66. The molecular weight excluding hydrogens is 176 g/mol. The fraction of sp³-hybridized carbons (Fsp3) is 1.00. The summed E-state index contributed by atoms with van der Waals surface area (Å²) in [5, 5.41) is 3.46. The Morgan fingerprint density at radius 2 is 2.14 bits per heavy atom. The summed E-state index contributed by atoms with van der Waals surface area (Å²) in [4.78, 5) is 2.33. The molecule has 0 saturated carbocycles. The van der Waals surface area contributed by atoms with Crippen molar-refractivity contribution in [3.63, 3.8) is 0 Å². The lowest BCUT2D eigenvalue weighted by Crippen LogP contribution is -2.45. The van der Waals surface area contributed by atoms with E-state index in [9.17, 15) is 0 Å². The van der Waals surface area contributed by atoms with Crippen LogP contribution in [0.5, 0.6) is 0 Å². The average molecular weight is 200 g/mol. The predicted octanol–water partition coefficient (Wildman–Crippen LogP) is 0.953. The Kier molecular flexibility index (Phi) is 4.35. The molecule has 0 unspecified atom stereocenters. The zero-order valence-corrected chi connectivity index (χ0v) is 9.97. The van der Waals surface area contributed by atoms with Gasteiger partial charge in [-0.3, -0.25) is 0 Å². The first-order valence-electron chi connectivity index (χ1n) is 5.48. The maximum Gasteiger partial charge on any atom is 0.0826 e. The van der Waals surface area contributed by atoms with Crippen molar-refractivity contribution in [2.45, 2.75) is 26.9 Å². The Balaban J connectivity index is 2.12. The lowest BCUT2D eigenvalue weighted by Gasteiger charge is -2.31. The maximum atomic E-state index is 5.66. The summed E-state index contributed by atoms with van der Waals surface area (Å²) in [6.45, 7) is 11.7. The first-order valence-corrected chi connectivity index (χ1v) is 5.48. The molecule has 1 N–H and O–H groups in total. The van der Waals surface area contributed by atoms with E-state index < -0.39 is 0 Å². The maximum absolute atomic E-state index is 5.66. The molecule has 0 aromatic carbocycles. The van der Waals surface area contributed by atoms with Crippen LogP contribution in [-0.2, 0) is 4.74 Å². The van der Waals surface area contributed by atoms with E-state index in [-0.39, 0.29) is 0 Å². The molecule has 3 nitrogen and oxygen atoms in total. The molecule has 0 spiro atoms. The van der Waals surface area contributed by atoms with Crippen LogP contribution in [0.1, 0.15) is 20.8 Å². The Bertz CT molecular complexity index is 165. The first-order chi connectivity index (χ1) is 6.47. The quantitative estimate of drug-likeness (QED) is 0.734. The molecule has 1 atom stereocenters. The highest BCUT2D eigenvalue weighted by molar-refractivity contribution is 4.73. The Labute approximate surface area is 87.8 Å². The van der Waals surface area contributed by atoms with E-state index in [0.29, 0.717) is 11.5 Å². The van der Waals surface area contributed by atoms with Crippen molar-refractivity contribution in [2.24, 2.45) is 5.41 Å². The van der Waals surface area contributed by atoms with Gasteiger partial charge in [-0.1, -0.05) is 20.8 Å². The molecule has 0 bridgehead atoms. The Hall–Kier alpha value is -0.120. The number of ether oxygens (including phenoxy) is 1. The second kappa shape index (κ2) is 5.10. The summed E-state index contributed by atoms with van der Waals surface area (Å²) in [7, 11) is 2.15. The Morgan fingerprint density at radius 1 is 1.43 bits per heavy atom. The van der Waals surface area contributed by atoms with Crippen LogP contribution >= 0.6 is 0 Å². The molecule has 0 radical (unpaired) electrons. The lowest BCUT2D eigenvalue weighted by molar-refractivity contribution is -0.0187. The molecule has 1 fully saturated rings. The number of hydrogen-bond acceptors (Lipinski definition) is 3. The van der Waals surface area contributed by atoms with E-state index >= 15 is 0 Å². The van der Waals surface area contributed by atoms with Crippen molar-refractivity contribution in [1.82, 2.24) is 10.2 Å². The zero-order valence-electron chi connectivity index (χ0n) is 9.97. The molecule has 0 aromatic heterocycles. The first kappa shape index (κ1) is 12.0. The van der Waals surface area contributed by atoms with Gasteiger partial charge in [0.15, 0.2) is 0 Å². The molecule has 14 heavy (non-hydrogen) atoms. The number of nitrogens with zero attached hydrogens (tertiary/aromatic N) is 1. The van der Waals surface area contributed by atoms with Gasteiger partial charge >= 0.3 is 0 Å². The second-order valence-corrected chi connectivity index (χ2v) is 5.45. The van der Waals surface area contributed by atoms with Gasteiger partial charge in [-0.05, 0) is 12.5 Å². The highest BCUT2D eigenvalue weighted by Gasteiger charge is 2.18. The molecule has 1 saturated heterocycles.